The summed E-state index contributed by atoms with van der Waals surface area (Å²) in [5, 5.41) is 0. The third-order valence-electron chi connectivity index (χ3n) is 2.40. The van der Waals surface area contributed by atoms with Crippen LogP contribution in [0.2, 0.25) is 0 Å². The van der Waals surface area contributed by atoms with Crippen molar-refractivity contribution in [2.75, 3.05) is 10.5 Å². The molecule has 0 saturated heterocycles. The van der Waals surface area contributed by atoms with E-state index < -0.39 is 10.0 Å². The molecule has 0 fully saturated rings. The number of nitrogens with one attached hydrogen (secondary N) is 1. The van der Waals surface area contributed by atoms with E-state index in [0.717, 1.165) is 4.47 Å². The first kappa shape index (κ1) is 15.2. The van der Waals surface area contributed by atoms with E-state index in [2.05, 4.69) is 46.5 Å². The van der Waals surface area contributed by atoms with Gasteiger partial charge in [0.2, 0.25) is 0 Å². The number of hydrogen-bond donors (Lipinski definition) is 2. The highest BCUT2D eigenvalue weighted by Crippen LogP contribution is 2.23. The van der Waals surface area contributed by atoms with Crippen molar-refractivity contribution < 1.29 is 8.42 Å². The summed E-state index contributed by atoms with van der Waals surface area (Å²) in [7, 11) is -3.84. The van der Waals surface area contributed by atoms with E-state index in [9.17, 15) is 8.42 Å². The van der Waals surface area contributed by atoms with Gasteiger partial charge in [-0.2, -0.15) is 0 Å². The molecule has 2 aromatic rings. The second kappa shape index (κ2) is 5.66. The molecule has 0 aliphatic carbocycles. The minimum Gasteiger partial charge on any atom is -0.383 e. The van der Waals surface area contributed by atoms with Gasteiger partial charge in [-0.15, -0.1) is 0 Å². The van der Waals surface area contributed by atoms with Crippen molar-refractivity contribution in [3.8, 4) is 0 Å². The van der Waals surface area contributed by atoms with Gasteiger partial charge >= 0.3 is 0 Å². The first-order valence-electron chi connectivity index (χ1n) is 5.36. The number of nitrogens with two attached hydrogens (primary N) is 1. The predicted octanol–water partition coefficient (Wildman–Crippen LogP) is 2.69. The molecule has 0 aliphatic heterocycles. The third-order valence-corrected chi connectivity index (χ3v) is 5.05. The number of sulfonamides is 1. The van der Waals surface area contributed by atoms with Crippen LogP contribution in [0.5, 0.6) is 0 Å². The standard InChI is InChI=1S/C11H10Br2N4O2S/c1-6-8(13)2-3-10(16-6)17-20(18,19)9-4-7(12)5-15-11(9)14/h2-5H,1H3,(H2,14,15)(H,16,17). The maximum Gasteiger partial charge on any atom is 0.266 e. The van der Waals surface area contributed by atoms with E-state index >= 15 is 0 Å². The Morgan fingerprint density at radius 1 is 1.30 bits per heavy atom. The molecule has 2 rings (SSSR count). The second-order valence-electron chi connectivity index (χ2n) is 3.91. The van der Waals surface area contributed by atoms with Crippen molar-refractivity contribution in [2.45, 2.75) is 11.8 Å². The quantitative estimate of drug-likeness (QED) is 0.793. The fourth-order valence-electron chi connectivity index (χ4n) is 1.44. The van der Waals surface area contributed by atoms with E-state index in [1.54, 1.807) is 19.1 Å². The summed E-state index contributed by atoms with van der Waals surface area (Å²) in [6, 6.07) is 4.65. The van der Waals surface area contributed by atoms with Crippen LogP contribution in [0, 0.1) is 6.92 Å². The number of anilines is 2. The molecule has 0 aliphatic rings. The fourth-order valence-corrected chi connectivity index (χ4v) is 3.25. The van der Waals surface area contributed by atoms with Crippen LogP contribution in [0.3, 0.4) is 0 Å². The Labute approximate surface area is 133 Å². The first-order chi connectivity index (χ1) is 9.29. The van der Waals surface area contributed by atoms with Crippen molar-refractivity contribution in [2.24, 2.45) is 0 Å². The Hall–Kier alpha value is -1.19. The molecule has 6 nitrogen and oxygen atoms in total. The maximum absolute atomic E-state index is 12.3. The fraction of sp³-hybridized carbons (Fsp3) is 0.0909. The van der Waals surface area contributed by atoms with Crippen LogP contribution in [0.25, 0.3) is 0 Å². The van der Waals surface area contributed by atoms with Gasteiger partial charge in [0.25, 0.3) is 10.0 Å². The summed E-state index contributed by atoms with van der Waals surface area (Å²) in [4.78, 5) is 7.82. The lowest BCUT2D eigenvalue weighted by Crippen LogP contribution is -2.16. The Balaban J connectivity index is 2.40. The molecular formula is C11H10Br2N4O2S. The Kier molecular flexibility index (Phi) is 4.31. The van der Waals surface area contributed by atoms with Crippen molar-refractivity contribution in [3.05, 3.63) is 39.0 Å². The van der Waals surface area contributed by atoms with E-state index in [1.807, 2.05) is 0 Å². The van der Waals surface area contributed by atoms with E-state index in [1.165, 1.54) is 12.3 Å². The van der Waals surface area contributed by atoms with Gasteiger partial charge in [-0.1, -0.05) is 0 Å². The topological polar surface area (TPSA) is 98.0 Å². The highest BCUT2D eigenvalue weighted by molar-refractivity contribution is 9.10. The highest BCUT2D eigenvalue weighted by atomic mass is 79.9. The predicted molar refractivity (Wildman–Crippen MR) is 83.8 cm³/mol. The highest BCUT2D eigenvalue weighted by Gasteiger charge is 2.19. The number of aryl methyl sites for hydroxylation is 1. The van der Waals surface area contributed by atoms with Gasteiger partial charge in [-0.25, -0.2) is 18.4 Å². The lowest BCUT2D eigenvalue weighted by Gasteiger charge is -2.10. The molecule has 20 heavy (non-hydrogen) atoms. The molecule has 0 unspecified atom stereocenters. The Bertz CT molecular complexity index is 765. The zero-order valence-electron chi connectivity index (χ0n) is 10.3. The number of rotatable bonds is 3. The lowest BCUT2D eigenvalue weighted by molar-refractivity contribution is 0.601. The van der Waals surface area contributed by atoms with Crippen LogP contribution < -0.4 is 10.5 Å². The molecule has 106 valence electrons. The smallest absolute Gasteiger partial charge is 0.266 e. The molecular weight excluding hydrogens is 412 g/mol. The maximum atomic E-state index is 12.3. The van der Waals surface area contributed by atoms with Gasteiger partial charge in [0.1, 0.15) is 16.5 Å². The molecule has 0 radical (unpaired) electrons. The van der Waals surface area contributed by atoms with Gasteiger partial charge in [-0.05, 0) is 57.0 Å². The SMILES string of the molecule is Cc1nc(NS(=O)(=O)c2cc(Br)cnc2N)ccc1Br. The molecule has 3 N–H and O–H groups in total. The van der Waals surface area contributed by atoms with Crippen LogP contribution in [0.15, 0.2) is 38.2 Å². The number of nitrogens with zero attached hydrogens (tertiary/aromatic N) is 2. The van der Waals surface area contributed by atoms with Gasteiger partial charge < -0.3 is 5.73 Å². The van der Waals surface area contributed by atoms with Crippen molar-refractivity contribution in [1.82, 2.24) is 9.97 Å². The average molecular weight is 422 g/mol. The largest absolute Gasteiger partial charge is 0.383 e. The van der Waals surface area contributed by atoms with Crippen molar-refractivity contribution >= 4 is 53.5 Å². The van der Waals surface area contributed by atoms with Gasteiger partial charge in [-0.3, -0.25) is 4.72 Å². The van der Waals surface area contributed by atoms with Gasteiger partial charge in [0.05, 0.1) is 5.69 Å². The van der Waals surface area contributed by atoms with E-state index in [-0.39, 0.29) is 16.5 Å². The first-order valence-corrected chi connectivity index (χ1v) is 8.43. The monoisotopic (exact) mass is 420 g/mol. The summed E-state index contributed by atoms with van der Waals surface area (Å²) in [5.74, 6) is 0.139. The van der Waals surface area contributed by atoms with Gasteiger partial charge in [0, 0.05) is 15.1 Å². The number of pyridine rings is 2. The molecule has 0 aromatic carbocycles. The number of halogens is 2. The third kappa shape index (κ3) is 3.28. The second-order valence-corrected chi connectivity index (χ2v) is 7.33. The van der Waals surface area contributed by atoms with Crippen LogP contribution in [0.4, 0.5) is 11.6 Å². The molecule has 2 heterocycles. The minimum absolute atomic E-state index is 0.0745. The molecule has 0 saturated carbocycles. The lowest BCUT2D eigenvalue weighted by atomic mass is 10.4. The summed E-state index contributed by atoms with van der Waals surface area (Å²) < 4.78 is 28.2. The molecule has 2 aromatic heterocycles. The van der Waals surface area contributed by atoms with E-state index in [0.29, 0.717) is 10.2 Å². The van der Waals surface area contributed by atoms with Crippen molar-refractivity contribution in [3.63, 3.8) is 0 Å². The normalized spacial score (nSPS) is 11.3. The Morgan fingerprint density at radius 2 is 2.00 bits per heavy atom. The van der Waals surface area contributed by atoms with Crippen molar-refractivity contribution in [1.29, 1.82) is 0 Å². The minimum atomic E-state index is -3.84. The Morgan fingerprint density at radius 3 is 2.65 bits per heavy atom. The number of nitrogen functional groups attached to an aromatic ring is 1. The molecule has 0 bridgehead atoms. The summed E-state index contributed by atoms with van der Waals surface area (Å²) in [6.07, 6.45) is 1.43. The van der Waals surface area contributed by atoms with E-state index in [4.69, 9.17) is 5.73 Å². The van der Waals surface area contributed by atoms with Crippen LogP contribution in [0.1, 0.15) is 5.69 Å². The number of hydrogen-bond acceptors (Lipinski definition) is 5. The van der Waals surface area contributed by atoms with Crippen LogP contribution in [-0.2, 0) is 10.0 Å². The molecule has 9 heteroatoms. The molecule has 0 spiro atoms. The zero-order valence-corrected chi connectivity index (χ0v) is 14.3. The van der Waals surface area contributed by atoms with Gasteiger partial charge in [0.15, 0.2) is 0 Å². The average Bonchev–Trinajstić information content (AvgIpc) is 2.36. The summed E-state index contributed by atoms with van der Waals surface area (Å²) in [5.41, 5.74) is 6.28. The number of aromatic nitrogens is 2. The molecule has 0 atom stereocenters. The zero-order chi connectivity index (χ0) is 14.9. The van der Waals surface area contributed by atoms with Crippen LogP contribution >= 0.6 is 31.9 Å². The molecule has 0 amide bonds. The summed E-state index contributed by atoms with van der Waals surface area (Å²) >= 11 is 6.46. The van der Waals surface area contributed by atoms with Crippen LogP contribution in [-0.4, -0.2) is 18.4 Å². The summed E-state index contributed by atoms with van der Waals surface area (Å²) in [6.45, 7) is 1.76.